The SMILES string of the molecule is CC1(C(=O)CS(C)(=O)=O)CCOCC1. The average Bonchev–Trinajstić information content (AvgIpc) is 2.02. The molecule has 0 aliphatic carbocycles. The molecular weight excluding hydrogens is 204 g/mol. The van der Waals surface area contributed by atoms with Crippen LogP contribution in [-0.4, -0.2) is 39.4 Å². The minimum atomic E-state index is -3.20. The Kier molecular flexibility index (Phi) is 3.32. The van der Waals surface area contributed by atoms with Gasteiger partial charge >= 0.3 is 0 Å². The van der Waals surface area contributed by atoms with Crippen LogP contribution in [0.25, 0.3) is 0 Å². The molecule has 0 bridgehead atoms. The molecule has 1 aliphatic heterocycles. The summed E-state index contributed by atoms with van der Waals surface area (Å²) >= 11 is 0. The third-order valence-corrected chi connectivity index (χ3v) is 3.45. The summed E-state index contributed by atoms with van der Waals surface area (Å²) in [4.78, 5) is 11.7. The fourth-order valence-corrected chi connectivity index (χ4v) is 2.34. The lowest BCUT2D eigenvalue weighted by Gasteiger charge is -2.31. The highest BCUT2D eigenvalue weighted by Gasteiger charge is 2.36. The number of hydrogen-bond donors (Lipinski definition) is 0. The molecule has 1 heterocycles. The predicted octanol–water partition coefficient (Wildman–Crippen LogP) is 0.417. The van der Waals surface area contributed by atoms with Gasteiger partial charge in [-0.15, -0.1) is 0 Å². The molecular formula is C9H16O4S. The second-order valence-electron chi connectivity index (χ2n) is 4.17. The highest BCUT2D eigenvalue weighted by molar-refractivity contribution is 7.91. The van der Waals surface area contributed by atoms with Crippen molar-refractivity contribution in [3.05, 3.63) is 0 Å². The predicted molar refractivity (Wildman–Crippen MR) is 52.9 cm³/mol. The topological polar surface area (TPSA) is 60.4 Å². The first-order valence-electron chi connectivity index (χ1n) is 4.62. The van der Waals surface area contributed by atoms with Crippen molar-refractivity contribution in [3.8, 4) is 0 Å². The molecule has 0 aromatic heterocycles. The number of carbonyl (C=O) groups excluding carboxylic acids is 1. The maximum atomic E-state index is 11.7. The Morgan fingerprint density at radius 2 is 1.86 bits per heavy atom. The van der Waals surface area contributed by atoms with Gasteiger partial charge in [0.05, 0.1) is 0 Å². The van der Waals surface area contributed by atoms with Gasteiger partial charge in [0.25, 0.3) is 0 Å². The van der Waals surface area contributed by atoms with Crippen LogP contribution in [-0.2, 0) is 19.4 Å². The van der Waals surface area contributed by atoms with Gasteiger partial charge in [0.15, 0.2) is 15.6 Å². The molecule has 0 atom stereocenters. The van der Waals surface area contributed by atoms with Crippen molar-refractivity contribution in [2.24, 2.45) is 5.41 Å². The summed E-state index contributed by atoms with van der Waals surface area (Å²) < 4.78 is 27.1. The summed E-state index contributed by atoms with van der Waals surface area (Å²) in [5.41, 5.74) is -0.499. The van der Waals surface area contributed by atoms with E-state index in [1.165, 1.54) is 0 Å². The van der Waals surface area contributed by atoms with Gasteiger partial charge in [-0.1, -0.05) is 6.92 Å². The maximum Gasteiger partial charge on any atom is 0.154 e. The lowest BCUT2D eigenvalue weighted by molar-refractivity contribution is -0.130. The zero-order valence-corrected chi connectivity index (χ0v) is 9.39. The van der Waals surface area contributed by atoms with E-state index in [4.69, 9.17) is 4.74 Å². The molecule has 5 heteroatoms. The van der Waals surface area contributed by atoms with Crippen molar-refractivity contribution in [2.45, 2.75) is 19.8 Å². The quantitative estimate of drug-likeness (QED) is 0.691. The Morgan fingerprint density at radius 3 is 2.29 bits per heavy atom. The second-order valence-corrected chi connectivity index (χ2v) is 6.31. The first-order chi connectivity index (χ1) is 6.33. The molecule has 0 saturated carbocycles. The maximum absolute atomic E-state index is 11.7. The number of ketones is 1. The minimum Gasteiger partial charge on any atom is -0.381 e. The van der Waals surface area contributed by atoms with Crippen LogP contribution < -0.4 is 0 Å². The smallest absolute Gasteiger partial charge is 0.154 e. The first kappa shape index (κ1) is 11.7. The molecule has 0 aromatic rings. The Morgan fingerprint density at radius 1 is 1.36 bits per heavy atom. The van der Waals surface area contributed by atoms with Gasteiger partial charge in [0, 0.05) is 24.9 Å². The highest BCUT2D eigenvalue weighted by Crippen LogP contribution is 2.31. The fourth-order valence-electron chi connectivity index (χ4n) is 1.51. The standard InChI is InChI=1S/C9H16O4S/c1-9(3-5-13-6-4-9)8(10)7-14(2,11)12/h3-7H2,1-2H3. The van der Waals surface area contributed by atoms with Gasteiger partial charge < -0.3 is 4.74 Å². The normalized spacial score (nSPS) is 21.9. The van der Waals surface area contributed by atoms with Gasteiger partial charge in [0.2, 0.25) is 0 Å². The van der Waals surface area contributed by atoms with Crippen molar-refractivity contribution in [2.75, 3.05) is 25.2 Å². The summed E-state index contributed by atoms with van der Waals surface area (Å²) in [5, 5.41) is 0. The van der Waals surface area contributed by atoms with Crippen molar-refractivity contribution >= 4 is 15.6 Å². The molecule has 0 radical (unpaired) electrons. The third kappa shape index (κ3) is 3.06. The Labute approximate surface area is 84.6 Å². The number of Topliss-reactive ketones (excluding diaryl/α,β-unsaturated/α-hetero) is 1. The second kappa shape index (κ2) is 3.98. The number of carbonyl (C=O) groups is 1. The Balaban J connectivity index is 2.67. The van der Waals surface area contributed by atoms with Gasteiger partial charge in [-0.05, 0) is 12.8 Å². The van der Waals surface area contributed by atoms with E-state index in [9.17, 15) is 13.2 Å². The molecule has 1 saturated heterocycles. The molecule has 82 valence electrons. The van der Waals surface area contributed by atoms with E-state index >= 15 is 0 Å². The summed E-state index contributed by atoms with van der Waals surface area (Å²) in [6.07, 6.45) is 2.34. The largest absolute Gasteiger partial charge is 0.381 e. The van der Waals surface area contributed by atoms with Crippen LogP contribution in [0.5, 0.6) is 0 Å². The minimum absolute atomic E-state index is 0.177. The average molecular weight is 220 g/mol. The fraction of sp³-hybridized carbons (Fsp3) is 0.889. The van der Waals surface area contributed by atoms with Crippen molar-refractivity contribution in [3.63, 3.8) is 0 Å². The van der Waals surface area contributed by atoms with E-state index in [-0.39, 0.29) is 11.5 Å². The van der Waals surface area contributed by atoms with Gasteiger partial charge in [-0.25, -0.2) is 8.42 Å². The summed E-state index contributed by atoms with van der Waals surface area (Å²) in [7, 11) is -3.20. The van der Waals surface area contributed by atoms with Crippen molar-refractivity contribution < 1.29 is 17.9 Å². The Hall–Kier alpha value is -0.420. The summed E-state index contributed by atoms with van der Waals surface area (Å²) in [6, 6.07) is 0. The lowest BCUT2D eigenvalue weighted by Crippen LogP contribution is -2.37. The summed E-state index contributed by atoms with van der Waals surface area (Å²) in [6.45, 7) is 2.92. The molecule has 1 fully saturated rings. The Bertz CT molecular complexity index is 312. The van der Waals surface area contributed by atoms with Gasteiger partial charge in [-0.3, -0.25) is 4.79 Å². The van der Waals surface area contributed by atoms with Crippen LogP contribution in [0, 0.1) is 5.41 Å². The molecule has 0 aromatic carbocycles. The molecule has 1 rings (SSSR count). The zero-order chi connectivity index (χ0) is 10.8. The molecule has 0 spiro atoms. The molecule has 0 N–H and O–H groups in total. The van der Waals surface area contributed by atoms with Crippen LogP contribution in [0.15, 0.2) is 0 Å². The van der Waals surface area contributed by atoms with Crippen LogP contribution >= 0.6 is 0 Å². The number of rotatable bonds is 3. The molecule has 0 amide bonds. The van der Waals surface area contributed by atoms with Gasteiger partial charge in [0.1, 0.15) is 5.75 Å². The van der Waals surface area contributed by atoms with Crippen LogP contribution in [0.3, 0.4) is 0 Å². The molecule has 4 nitrogen and oxygen atoms in total. The molecule has 0 unspecified atom stereocenters. The van der Waals surface area contributed by atoms with Crippen molar-refractivity contribution in [1.29, 1.82) is 0 Å². The van der Waals surface area contributed by atoms with E-state index in [0.717, 1.165) is 6.26 Å². The van der Waals surface area contributed by atoms with E-state index in [0.29, 0.717) is 26.1 Å². The molecule has 14 heavy (non-hydrogen) atoms. The van der Waals surface area contributed by atoms with Crippen LogP contribution in [0.2, 0.25) is 0 Å². The number of hydrogen-bond acceptors (Lipinski definition) is 4. The third-order valence-electron chi connectivity index (χ3n) is 2.66. The highest BCUT2D eigenvalue weighted by atomic mass is 32.2. The van der Waals surface area contributed by atoms with Crippen LogP contribution in [0.4, 0.5) is 0 Å². The van der Waals surface area contributed by atoms with Crippen molar-refractivity contribution in [1.82, 2.24) is 0 Å². The van der Waals surface area contributed by atoms with E-state index < -0.39 is 15.3 Å². The van der Waals surface area contributed by atoms with E-state index in [1.807, 2.05) is 6.92 Å². The lowest BCUT2D eigenvalue weighted by atomic mass is 9.79. The molecule has 1 aliphatic rings. The van der Waals surface area contributed by atoms with E-state index in [2.05, 4.69) is 0 Å². The van der Waals surface area contributed by atoms with Crippen LogP contribution in [0.1, 0.15) is 19.8 Å². The van der Waals surface area contributed by atoms with E-state index in [1.54, 1.807) is 0 Å². The monoisotopic (exact) mass is 220 g/mol. The summed E-state index contributed by atoms with van der Waals surface area (Å²) in [5.74, 6) is -0.521. The first-order valence-corrected chi connectivity index (χ1v) is 6.68. The van der Waals surface area contributed by atoms with Gasteiger partial charge in [-0.2, -0.15) is 0 Å². The zero-order valence-electron chi connectivity index (χ0n) is 8.58. The number of sulfone groups is 1. The number of ether oxygens (including phenoxy) is 1.